The molecule has 0 atom stereocenters. The maximum Gasteiger partial charge on any atom is 0.264 e. The minimum atomic E-state index is -0.363. The Kier molecular flexibility index (Phi) is 4.98. The molecule has 0 aliphatic carbocycles. The topological polar surface area (TPSA) is 71.5 Å². The molecule has 0 bridgehead atoms. The summed E-state index contributed by atoms with van der Waals surface area (Å²) in [4.78, 5) is 16.3. The van der Waals surface area contributed by atoms with E-state index in [1.165, 1.54) is 17.4 Å². The van der Waals surface area contributed by atoms with Crippen LogP contribution in [0.25, 0.3) is 11.3 Å². The number of carbonyl (C=O) groups excluding carboxylic acids is 1. The van der Waals surface area contributed by atoms with Crippen LogP contribution in [0.3, 0.4) is 0 Å². The minimum absolute atomic E-state index is 0.0134. The second-order valence-corrected chi connectivity index (χ2v) is 6.09. The minimum Gasteiger partial charge on any atom is -0.504 e. The van der Waals surface area contributed by atoms with E-state index in [1.54, 1.807) is 24.3 Å². The van der Waals surface area contributed by atoms with Gasteiger partial charge in [0.15, 0.2) is 23.2 Å². The van der Waals surface area contributed by atoms with Crippen molar-refractivity contribution >= 4 is 34.0 Å². The fourth-order valence-electron chi connectivity index (χ4n) is 2.00. The average Bonchev–Trinajstić information content (AvgIpc) is 3.03. The molecule has 2 aromatic carbocycles. The van der Waals surface area contributed by atoms with Crippen LogP contribution < -0.4 is 10.1 Å². The van der Waals surface area contributed by atoms with Crippen molar-refractivity contribution in [3.63, 3.8) is 0 Å². The van der Waals surface area contributed by atoms with Gasteiger partial charge >= 0.3 is 0 Å². The van der Waals surface area contributed by atoms with E-state index in [1.807, 2.05) is 23.6 Å². The zero-order valence-corrected chi connectivity index (χ0v) is 14.0. The summed E-state index contributed by atoms with van der Waals surface area (Å²) in [6.07, 6.45) is 0. The van der Waals surface area contributed by atoms with E-state index in [-0.39, 0.29) is 24.0 Å². The number of benzene rings is 2. The molecule has 1 amide bonds. The first kappa shape index (κ1) is 16.3. The zero-order chi connectivity index (χ0) is 16.9. The summed E-state index contributed by atoms with van der Waals surface area (Å²) in [5.41, 5.74) is 1.50. The van der Waals surface area contributed by atoms with Gasteiger partial charge in [0.1, 0.15) is 0 Å². The van der Waals surface area contributed by atoms with Gasteiger partial charge in [0.25, 0.3) is 5.91 Å². The zero-order valence-electron chi connectivity index (χ0n) is 12.4. The molecular formula is C17H13ClN2O3S. The molecular weight excluding hydrogens is 348 g/mol. The van der Waals surface area contributed by atoms with Crippen LogP contribution in [0, 0.1) is 0 Å². The molecule has 0 spiro atoms. The highest BCUT2D eigenvalue weighted by Gasteiger charge is 2.11. The molecule has 3 aromatic rings. The molecule has 1 aromatic heterocycles. The second-order valence-electron chi connectivity index (χ2n) is 4.82. The van der Waals surface area contributed by atoms with E-state index in [4.69, 9.17) is 16.3 Å². The Morgan fingerprint density at radius 3 is 2.75 bits per heavy atom. The van der Waals surface area contributed by atoms with Gasteiger partial charge in [-0.1, -0.05) is 41.9 Å². The quantitative estimate of drug-likeness (QED) is 0.715. The van der Waals surface area contributed by atoms with Crippen LogP contribution in [-0.4, -0.2) is 22.6 Å². The normalized spacial score (nSPS) is 10.4. The molecule has 0 aliphatic rings. The summed E-state index contributed by atoms with van der Waals surface area (Å²) in [6.45, 7) is -0.224. The van der Waals surface area contributed by atoms with Gasteiger partial charge < -0.3 is 9.84 Å². The van der Waals surface area contributed by atoms with E-state index in [2.05, 4.69) is 10.3 Å². The standard InChI is InChI=1S/C17H13ClN2O3S/c18-12-6-2-1-5-11(12)13-10-24-17(19-13)20-16(22)9-23-15-8-4-3-7-14(15)21/h1-8,10,21H,9H2,(H,19,20,22). The number of ether oxygens (including phenoxy) is 1. The van der Waals surface area contributed by atoms with Crippen molar-refractivity contribution in [2.75, 3.05) is 11.9 Å². The van der Waals surface area contributed by atoms with Gasteiger partial charge in [0, 0.05) is 16.0 Å². The monoisotopic (exact) mass is 360 g/mol. The Hall–Kier alpha value is -2.57. The molecule has 0 unspecified atom stereocenters. The molecule has 24 heavy (non-hydrogen) atoms. The number of thiazole rings is 1. The molecule has 0 saturated heterocycles. The van der Waals surface area contributed by atoms with E-state index in [0.717, 1.165) is 5.56 Å². The Morgan fingerprint density at radius 2 is 1.96 bits per heavy atom. The van der Waals surface area contributed by atoms with Crippen LogP contribution in [0.4, 0.5) is 5.13 Å². The lowest BCUT2D eigenvalue weighted by atomic mass is 10.2. The third kappa shape index (κ3) is 3.84. The number of carbonyl (C=O) groups is 1. The van der Waals surface area contributed by atoms with Crippen molar-refractivity contribution < 1.29 is 14.6 Å². The Labute approximate surface area is 147 Å². The van der Waals surface area contributed by atoms with Crippen LogP contribution in [0.15, 0.2) is 53.9 Å². The Bertz CT molecular complexity index is 866. The number of phenols is 1. The third-order valence-electron chi connectivity index (χ3n) is 3.12. The number of amides is 1. The molecule has 5 nitrogen and oxygen atoms in total. The number of hydrogen-bond acceptors (Lipinski definition) is 5. The highest BCUT2D eigenvalue weighted by Crippen LogP contribution is 2.30. The maximum atomic E-state index is 11.9. The predicted octanol–water partition coefficient (Wildman–Crippen LogP) is 4.19. The molecule has 0 fully saturated rings. The molecule has 122 valence electrons. The first-order valence-corrected chi connectivity index (χ1v) is 8.30. The van der Waals surface area contributed by atoms with Crippen LogP contribution in [0.5, 0.6) is 11.5 Å². The maximum absolute atomic E-state index is 11.9. The first-order chi connectivity index (χ1) is 11.6. The largest absolute Gasteiger partial charge is 0.504 e. The number of phenolic OH excluding ortho intramolecular Hbond substituents is 1. The van der Waals surface area contributed by atoms with Crippen molar-refractivity contribution in [1.82, 2.24) is 4.98 Å². The highest BCUT2D eigenvalue weighted by atomic mass is 35.5. The number of aromatic nitrogens is 1. The summed E-state index contributed by atoms with van der Waals surface area (Å²) < 4.78 is 5.28. The summed E-state index contributed by atoms with van der Waals surface area (Å²) in [6, 6.07) is 13.8. The second kappa shape index (κ2) is 7.33. The van der Waals surface area contributed by atoms with Gasteiger partial charge in [0.05, 0.1) is 5.69 Å². The lowest BCUT2D eigenvalue weighted by Gasteiger charge is -2.07. The Balaban J connectivity index is 1.62. The van der Waals surface area contributed by atoms with Crippen molar-refractivity contribution in [2.45, 2.75) is 0 Å². The molecule has 7 heteroatoms. The molecule has 0 aliphatic heterocycles. The van der Waals surface area contributed by atoms with Crippen LogP contribution in [0.2, 0.25) is 5.02 Å². The average molecular weight is 361 g/mol. The fraction of sp³-hybridized carbons (Fsp3) is 0.0588. The number of nitrogens with one attached hydrogen (secondary N) is 1. The van der Waals surface area contributed by atoms with Crippen LogP contribution in [0.1, 0.15) is 0 Å². The first-order valence-electron chi connectivity index (χ1n) is 7.04. The van der Waals surface area contributed by atoms with Gasteiger partial charge in [-0.15, -0.1) is 11.3 Å². The van der Waals surface area contributed by atoms with Gasteiger partial charge in [0.2, 0.25) is 0 Å². The van der Waals surface area contributed by atoms with Crippen LogP contribution >= 0.6 is 22.9 Å². The summed E-state index contributed by atoms with van der Waals surface area (Å²) in [5.74, 6) is -0.123. The van der Waals surface area contributed by atoms with Gasteiger partial charge in [-0.3, -0.25) is 10.1 Å². The van der Waals surface area contributed by atoms with E-state index in [0.29, 0.717) is 15.8 Å². The van der Waals surface area contributed by atoms with Crippen molar-refractivity contribution in [3.8, 4) is 22.8 Å². The number of anilines is 1. The molecule has 0 saturated carbocycles. The number of nitrogens with zero attached hydrogens (tertiary/aromatic N) is 1. The number of rotatable bonds is 5. The Morgan fingerprint density at radius 1 is 1.21 bits per heavy atom. The number of aromatic hydroxyl groups is 1. The van der Waals surface area contributed by atoms with Gasteiger partial charge in [-0.2, -0.15) is 0 Å². The van der Waals surface area contributed by atoms with Crippen LogP contribution in [-0.2, 0) is 4.79 Å². The number of halogens is 1. The summed E-state index contributed by atoms with van der Waals surface area (Å²) >= 11 is 7.44. The lowest BCUT2D eigenvalue weighted by Crippen LogP contribution is -2.20. The van der Waals surface area contributed by atoms with E-state index in [9.17, 15) is 9.90 Å². The van der Waals surface area contributed by atoms with E-state index < -0.39 is 0 Å². The fourth-order valence-corrected chi connectivity index (χ4v) is 2.96. The lowest BCUT2D eigenvalue weighted by molar-refractivity contribution is -0.118. The highest BCUT2D eigenvalue weighted by molar-refractivity contribution is 7.14. The van der Waals surface area contributed by atoms with Crippen molar-refractivity contribution in [1.29, 1.82) is 0 Å². The summed E-state index contributed by atoms with van der Waals surface area (Å²) in [7, 11) is 0. The van der Waals surface area contributed by atoms with Gasteiger partial charge in [-0.05, 0) is 18.2 Å². The number of hydrogen-bond donors (Lipinski definition) is 2. The summed E-state index contributed by atoms with van der Waals surface area (Å²) in [5, 5.41) is 15.1. The van der Waals surface area contributed by atoms with Crippen molar-refractivity contribution in [3.05, 3.63) is 58.9 Å². The SMILES string of the molecule is O=C(COc1ccccc1O)Nc1nc(-c2ccccc2Cl)cs1. The molecule has 0 radical (unpaired) electrons. The third-order valence-corrected chi connectivity index (χ3v) is 4.21. The van der Waals surface area contributed by atoms with Gasteiger partial charge in [-0.25, -0.2) is 4.98 Å². The molecule has 1 heterocycles. The molecule has 3 rings (SSSR count). The number of para-hydroxylation sites is 2. The smallest absolute Gasteiger partial charge is 0.264 e. The van der Waals surface area contributed by atoms with E-state index >= 15 is 0 Å². The molecule has 2 N–H and O–H groups in total. The predicted molar refractivity (Wildman–Crippen MR) is 94.8 cm³/mol. The van der Waals surface area contributed by atoms with Crippen molar-refractivity contribution in [2.24, 2.45) is 0 Å².